The number of benzene rings is 1. The van der Waals surface area contributed by atoms with Gasteiger partial charge in [0, 0.05) is 12.7 Å². The number of halogens is 8. The number of alkyl carbamates (subject to hydrolysis) is 1. The van der Waals surface area contributed by atoms with Crippen LogP contribution >= 0.6 is 0 Å². The maximum atomic E-state index is 14.0. The summed E-state index contributed by atoms with van der Waals surface area (Å²) in [7, 11) is 0. The second kappa shape index (κ2) is 12.0. The number of amides is 2. The smallest absolute Gasteiger partial charge is 0.485 e. The molecule has 0 aliphatic carbocycles. The number of hydrogen-bond donors (Lipinski definition) is 2. The number of rotatable bonds is 8. The predicted molar refractivity (Wildman–Crippen MR) is 123 cm³/mol. The first kappa shape index (κ1) is 31.1. The number of carbonyl (C=O) groups is 3. The highest BCUT2D eigenvalue weighted by Crippen LogP contribution is 2.26. The number of ether oxygens (including phenoxy) is 2. The second-order valence-corrected chi connectivity index (χ2v) is 8.66. The van der Waals surface area contributed by atoms with Crippen LogP contribution in [0, 0.1) is 25.5 Å². The van der Waals surface area contributed by atoms with Gasteiger partial charge in [0.2, 0.25) is 0 Å². The van der Waals surface area contributed by atoms with Crippen LogP contribution in [-0.2, 0) is 16.1 Å². The number of imidazole rings is 1. The van der Waals surface area contributed by atoms with Crippen molar-refractivity contribution in [1.82, 2.24) is 20.0 Å². The van der Waals surface area contributed by atoms with E-state index in [0.717, 1.165) is 12.1 Å². The predicted octanol–water partition coefficient (Wildman–Crippen LogP) is 4.67. The SMILES string of the molecule is Cc1cc(OCc2c(F)cccc2F)c2nc(C)c(C(=O)NCC(CC(F)(F)F)NC(=O)OC(=O)C(F)(F)F)n2c1. The van der Waals surface area contributed by atoms with Crippen molar-refractivity contribution in [1.29, 1.82) is 0 Å². The molecule has 41 heavy (non-hydrogen) atoms. The summed E-state index contributed by atoms with van der Waals surface area (Å²) < 4.78 is 114. The maximum Gasteiger partial charge on any atom is 0.491 e. The third-order valence-electron chi connectivity index (χ3n) is 5.37. The monoisotopic (exact) mass is 596 g/mol. The molecule has 3 aromatic rings. The maximum absolute atomic E-state index is 14.0. The lowest BCUT2D eigenvalue weighted by Crippen LogP contribution is -2.47. The number of aromatic nitrogens is 2. The summed E-state index contributed by atoms with van der Waals surface area (Å²) in [6.45, 7) is 1.48. The number of carbonyl (C=O) groups excluding carboxylic acids is 3. The van der Waals surface area contributed by atoms with E-state index in [9.17, 15) is 49.5 Å². The van der Waals surface area contributed by atoms with Crippen molar-refractivity contribution in [3.63, 3.8) is 0 Å². The Kier molecular flexibility index (Phi) is 9.08. The Morgan fingerprint density at radius 1 is 1.05 bits per heavy atom. The van der Waals surface area contributed by atoms with E-state index in [1.54, 1.807) is 6.92 Å². The average Bonchev–Trinajstić information content (AvgIpc) is 3.16. The second-order valence-electron chi connectivity index (χ2n) is 8.66. The molecule has 1 unspecified atom stereocenters. The van der Waals surface area contributed by atoms with Crippen LogP contribution in [0.15, 0.2) is 30.5 Å². The molecule has 3 rings (SSSR count). The minimum absolute atomic E-state index is 0.0171. The van der Waals surface area contributed by atoms with Gasteiger partial charge in [0.05, 0.1) is 23.7 Å². The summed E-state index contributed by atoms with van der Waals surface area (Å²) in [5, 5.41) is 3.59. The normalized spacial score (nSPS) is 12.6. The van der Waals surface area contributed by atoms with Crippen LogP contribution in [-0.4, -0.2) is 52.3 Å². The van der Waals surface area contributed by atoms with Crippen molar-refractivity contribution in [2.24, 2.45) is 0 Å². The molecule has 17 heteroatoms. The first-order chi connectivity index (χ1) is 19.0. The Morgan fingerprint density at radius 3 is 2.27 bits per heavy atom. The van der Waals surface area contributed by atoms with Gasteiger partial charge in [0.25, 0.3) is 5.91 Å². The summed E-state index contributed by atoms with van der Waals surface area (Å²) in [5.74, 6) is -5.65. The summed E-state index contributed by atoms with van der Waals surface area (Å²) in [5.41, 5.74) is 0.0136. The Morgan fingerprint density at radius 2 is 1.68 bits per heavy atom. The zero-order valence-corrected chi connectivity index (χ0v) is 21.0. The van der Waals surface area contributed by atoms with E-state index in [0.29, 0.717) is 5.56 Å². The zero-order valence-electron chi connectivity index (χ0n) is 21.0. The summed E-state index contributed by atoms with van der Waals surface area (Å²) in [4.78, 5) is 39.5. The fraction of sp³-hybridized carbons (Fsp3) is 0.333. The van der Waals surface area contributed by atoms with Crippen LogP contribution in [0.4, 0.5) is 39.9 Å². The molecule has 2 aromatic heterocycles. The van der Waals surface area contributed by atoms with Gasteiger partial charge in [0.1, 0.15) is 23.9 Å². The quantitative estimate of drug-likeness (QED) is 0.222. The molecule has 2 heterocycles. The number of hydrogen-bond acceptors (Lipinski definition) is 6. The van der Waals surface area contributed by atoms with E-state index in [1.807, 2.05) is 0 Å². The highest BCUT2D eigenvalue weighted by atomic mass is 19.4. The third-order valence-corrected chi connectivity index (χ3v) is 5.37. The molecule has 2 amide bonds. The van der Waals surface area contributed by atoms with Gasteiger partial charge in [-0.05, 0) is 37.6 Å². The minimum atomic E-state index is -5.57. The van der Waals surface area contributed by atoms with Gasteiger partial charge < -0.3 is 20.1 Å². The molecule has 0 aliphatic heterocycles. The van der Waals surface area contributed by atoms with Crippen molar-refractivity contribution >= 4 is 23.6 Å². The van der Waals surface area contributed by atoms with Crippen LogP contribution in [0.2, 0.25) is 0 Å². The molecule has 2 N–H and O–H groups in total. The number of fused-ring (bicyclic) bond motifs is 1. The van der Waals surface area contributed by atoms with Crippen LogP contribution in [0.25, 0.3) is 5.65 Å². The molecule has 0 saturated carbocycles. The van der Waals surface area contributed by atoms with Crippen LogP contribution in [0.1, 0.15) is 33.7 Å². The standard InChI is InChI=1S/C24H20F8N4O5/c1-11-6-17(40-10-14-15(25)4-3-5-16(14)26)19-34-12(2)18(36(19)9-11)20(37)33-8-13(7-23(27,28)29)35-22(39)41-21(38)24(30,31)32/h3-6,9,13H,7-8,10H2,1-2H3,(H,33,37)(H,35,39). The van der Waals surface area contributed by atoms with Gasteiger partial charge in [-0.3, -0.25) is 9.20 Å². The number of nitrogens with zero attached hydrogens (tertiary/aromatic N) is 2. The van der Waals surface area contributed by atoms with Crippen LogP contribution in [0.3, 0.4) is 0 Å². The molecule has 0 fully saturated rings. The van der Waals surface area contributed by atoms with E-state index >= 15 is 0 Å². The van der Waals surface area contributed by atoms with Gasteiger partial charge in [-0.15, -0.1) is 0 Å². The number of aryl methyl sites for hydroxylation is 2. The molecule has 222 valence electrons. The van der Waals surface area contributed by atoms with Crippen molar-refractivity contribution in [3.05, 3.63) is 64.6 Å². The van der Waals surface area contributed by atoms with E-state index < -0.39 is 67.6 Å². The van der Waals surface area contributed by atoms with E-state index in [2.05, 4.69) is 15.0 Å². The van der Waals surface area contributed by atoms with Gasteiger partial charge in [-0.1, -0.05) is 6.07 Å². The molecular formula is C24H20F8N4O5. The van der Waals surface area contributed by atoms with Crippen molar-refractivity contribution in [3.8, 4) is 5.75 Å². The number of nitrogens with one attached hydrogen (secondary N) is 2. The highest BCUT2D eigenvalue weighted by Gasteiger charge is 2.43. The summed E-state index contributed by atoms with van der Waals surface area (Å²) in [6.07, 6.45) is -13.0. The molecule has 0 radical (unpaired) electrons. The fourth-order valence-corrected chi connectivity index (χ4v) is 3.65. The van der Waals surface area contributed by atoms with Gasteiger partial charge >= 0.3 is 24.4 Å². The molecule has 1 aromatic carbocycles. The Hall–Kier alpha value is -4.44. The largest absolute Gasteiger partial charge is 0.491 e. The summed E-state index contributed by atoms with van der Waals surface area (Å²) >= 11 is 0. The van der Waals surface area contributed by atoms with Gasteiger partial charge in [-0.25, -0.2) is 23.4 Å². The summed E-state index contributed by atoms with van der Waals surface area (Å²) in [6, 6.07) is 2.68. The molecule has 0 saturated heterocycles. The molecule has 1 atom stereocenters. The average molecular weight is 596 g/mol. The number of esters is 1. The lowest BCUT2D eigenvalue weighted by Gasteiger charge is -2.20. The molecule has 9 nitrogen and oxygen atoms in total. The Bertz CT molecular complexity index is 1450. The minimum Gasteiger partial charge on any atom is -0.485 e. The zero-order chi connectivity index (χ0) is 30.7. The van der Waals surface area contributed by atoms with Crippen molar-refractivity contribution < 1.29 is 59.0 Å². The molecular weight excluding hydrogens is 576 g/mol. The third kappa shape index (κ3) is 8.04. The number of alkyl halides is 6. The molecule has 0 bridgehead atoms. The fourth-order valence-electron chi connectivity index (χ4n) is 3.65. The Balaban J connectivity index is 1.80. The first-order valence-electron chi connectivity index (χ1n) is 11.5. The van der Waals surface area contributed by atoms with Gasteiger partial charge in [-0.2, -0.15) is 26.3 Å². The Labute approximate surface area is 225 Å². The molecule has 0 spiro atoms. The first-order valence-corrected chi connectivity index (χ1v) is 11.5. The van der Waals surface area contributed by atoms with E-state index in [1.165, 1.54) is 35.0 Å². The number of pyridine rings is 1. The lowest BCUT2D eigenvalue weighted by atomic mass is 10.2. The van der Waals surface area contributed by atoms with Crippen molar-refractivity contribution in [2.75, 3.05) is 6.54 Å². The lowest BCUT2D eigenvalue weighted by molar-refractivity contribution is -0.193. The van der Waals surface area contributed by atoms with Gasteiger partial charge in [0.15, 0.2) is 11.4 Å². The van der Waals surface area contributed by atoms with Crippen molar-refractivity contribution in [2.45, 2.75) is 45.3 Å². The molecule has 0 aliphatic rings. The van der Waals surface area contributed by atoms with E-state index in [-0.39, 0.29) is 28.3 Å². The topological polar surface area (TPSA) is 111 Å². The highest BCUT2D eigenvalue weighted by molar-refractivity contribution is 5.95. The van der Waals surface area contributed by atoms with E-state index in [4.69, 9.17) is 4.74 Å². The van der Waals surface area contributed by atoms with Crippen LogP contribution in [0.5, 0.6) is 5.75 Å². The van der Waals surface area contributed by atoms with Crippen LogP contribution < -0.4 is 15.4 Å².